The fourth-order valence-corrected chi connectivity index (χ4v) is 12.0. The first kappa shape index (κ1) is 21.5. The van der Waals surface area contributed by atoms with E-state index in [0.29, 0.717) is 24.6 Å². The fraction of sp³-hybridized carbons (Fsp3) is 1.00. The minimum absolute atomic E-state index is 0.0606. The van der Waals surface area contributed by atoms with Gasteiger partial charge in [0.05, 0.1) is 0 Å². The molecule has 0 radical (unpaired) electrons. The number of hydrogen-bond donors (Lipinski definition) is 3. The molecule has 0 fully saturated rings. The van der Waals surface area contributed by atoms with Gasteiger partial charge in [-0.15, -0.1) is 0 Å². The van der Waals surface area contributed by atoms with Gasteiger partial charge in [0.25, 0.3) is 0 Å². The van der Waals surface area contributed by atoms with Crippen molar-refractivity contribution >= 4 is 14.7 Å². The van der Waals surface area contributed by atoms with Crippen LogP contribution in [0.2, 0.25) is 0 Å². The van der Waals surface area contributed by atoms with Gasteiger partial charge in [-0.3, -0.25) is 0 Å². The zero-order valence-corrected chi connectivity index (χ0v) is 15.6. The summed E-state index contributed by atoms with van der Waals surface area (Å²) in [6.07, 6.45) is 8.14. The van der Waals surface area contributed by atoms with Gasteiger partial charge in [0, 0.05) is 0 Å². The Kier molecular flexibility index (Phi) is 9.83. The maximum atomic E-state index is 11.6. The molecule has 0 atom stereocenters. The molecule has 0 heterocycles. The molecule has 7 heteroatoms. The number of phosphoric acid groups is 1. The summed E-state index contributed by atoms with van der Waals surface area (Å²) in [6.45, 7) is 3.10. The molecule has 0 aromatic rings. The molecule has 0 aliphatic rings. The zero-order chi connectivity index (χ0) is 16.4. The van der Waals surface area contributed by atoms with Crippen LogP contribution in [-0.4, -0.2) is 46.1 Å². The van der Waals surface area contributed by atoms with E-state index in [0.717, 1.165) is 38.5 Å². The first-order chi connectivity index (χ1) is 9.76. The van der Waals surface area contributed by atoms with E-state index in [1.807, 2.05) is 0 Å². The monoisotopic (exact) mass is 344 g/mol. The van der Waals surface area contributed by atoms with Crippen LogP contribution in [0.3, 0.4) is 0 Å². The summed E-state index contributed by atoms with van der Waals surface area (Å²) in [7, 11) is -4.56. The Morgan fingerprint density at radius 3 is 1.48 bits per heavy atom. The van der Waals surface area contributed by atoms with E-state index in [1.54, 1.807) is 0 Å². The van der Waals surface area contributed by atoms with Crippen molar-refractivity contribution in [3.05, 3.63) is 0 Å². The SMILES string of the molecule is CCCCP(CCO)(CCCC)(CCCC)OP(=O)(O)O. The van der Waals surface area contributed by atoms with E-state index >= 15 is 0 Å². The topological polar surface area (TPSA) is 87.0 Å². The third-order valence-electron chi connectivity index (χ3n) is 4.23. The van der Waals surface area contributed by atoms with Crippen LogP contribution in [-0.2, 0) is 8.88 Å². The quantitative estimate of drug-likeness (QED) is 0.440. The molecular formula is C14H34O5P2. The molecule has 130 valence electrons. The van der Waals surface area contributed by atoms with Crippen LogP contribution in [0, 0.1) is 0 Å². The number of hydrogen-bond acceptors (Lipinski definition) is 3. The second-order valence-electron chi connectivity index (χ2n) is 6.11. The molecule has 0 saturated heterocycles. The van der Waals surface area contributed by atoms with Gasteiger partial charge in [-0.1, -0.05) is 0 Å². The van der Waals surface area contributed by atoms with E-state index in [9.17, 15) is 19.5 Å². The number of aliphatic hydroxyl groups is 1. The van der Waals surface area contributed by atoms with Crippen LogP contribution in [0.15, 0.2) is 0 Å². The molecule has 0 aromatic carbocycles. The van der Waals surface area contributed by atoms with Crippen molar-refractivity contribution < 1.29 is 23.8 Å². The molecule has 0 amide bonds. The molecule has 0 saturated carbocycles. The Morgan fingerprint density at radius 1 is 0.857 bits per heavy atom. The van der Waals surface area contributed by atoms with E-state index in [4.69, 9.17) is 4.31 Å². The van der Waals surface area contributed by atoms with E-state index in [-0.39, 0.29) is 6.61 Å². The zero-order valence-electron chi connectivity index (χ0n) is 13.8. The van der Waals surface area contributed by atoms with Gasteiger partial charge in [0.15, 0.2) is 0 Å². The maximum absolute atomic E-state index is 11.6. The van der Waals surface area contributed by atoms with Gasteiger partial charge in [-0.25, -0.2) is 0 Å². The van der Waals surface area contributed by atoms with Crippen LogP contribution < -0.4 is 0 Å². The predicted octanol–water partition coefficient (Wildman–Crippen LogP) is 3.96. The molecule has 3 N–H and O–H groups in total. The van der Waals surface area contributed by atoms with Crippen LogP contribution in [0.1, 0.15) is 59.3 Å². The van der Waals surface area contributed by atoms with Crippen molar-refractivity contribution in [2.24, 2.45) is 0 Å². The van der Waals surface area contributed by atoms with Gasteiger partial charge in [-0.05, 0) is 0 Å². The Balaban J connectivity index is 5.64. The average molecular weight is 344 g/mol. The molecule has 0 aromatic heterocycles. The van der Waals surface area contributed by atoms with E-state index in [1.165, 1.54) is 0 Å². The van der Waals surface area contributed by atoms with Crippen molar-refractivity contribution in [1.29, 1.82) is 0 Å². The number of aliphatic hydroxyl groups excluding tert-OH is 1. The van der Waals surface area contributed by atoms with Crippen molar-refractivity contribution in [1.82, 2.24) is 0 Å². The van der Waals surface area contributed by atoms with Gasteiger partial charge >= 0.3 is 129 Å². The summed E-state index contributed by atoms with van der Waals surface area (Å²) in [5, 5.41) is 9.56. The van der Waals surface area contributed by atoms with Crippen molar-refractivity contribution in [2.45, 2.75) is 59.3 Å². The van der Waals surface area contributed by atoms with Crippen LogP contribution >= 0.6 is 14.7 Å². The fourth-order valence-electron chi connectivity index (χ4n) is 3.06. The third kappa shape index (κ3) is 7.54. The first-order valence-corrected chi connectivity index (χ1v) is 12.6. The summed E-state index contributed by atoms with van der Waals surface area (Å²) in [5.41, 5.74) is 0. The van der Waals surface area contributed by atoms with Gasteiger partial charge in [0.1, 0.15) is 0 Å². The Hall–Kier alpha value is 0.500. The van der Waals surface area contributed by atoms with Crippen LogP contribution in [0.4, 0.5) is 0 Å². The van der Waals surface area contributed by atoms with E-state index in [2.05, 4.69) is 20.8 Å². The molecule has 0 aliphatic carbocycles. The van der Waals surface area contributed by atoms with Crippen molar-refractivity contribution in [3.63, 3.8) is 0 Å². The first-order valence-electron chi connectivity index (χ1n) is 8.15. The predicted molar refractivity (Wildman–Crippen MR) is 91.3 cm³/mol. The summed E-state index contributed by atoms with van der Waals surface area (Å²) >= 11 is 0. The van der Waals surface area contributed by atoms with Gasteiger partial charge in [0.2, 0.25) is 0 Å². The van der Waals surface area contributed by atoms with Crippen molar-refractivity contribution in [3.8, 4) is 0 Å². The summed E-state index contributed by atoms with van der Waals surface area (Å²) in [5.74, 6) is 0. The van der Waals surface area contributed by atoms with Crippen LogP contribution in [0.25, 0.3) is 0 Å². The van der Waals surface area contributed by atoms with E-state index < -0.39 is 14.7 Å². The molecule has 0 spiro atoms. The number of rotatable bonds is 13. The van der Waals surface area contributed by atoms with Crippen molar-refractivity contribution in [2.75, 3.05) is 31.3 Å². The Bertz CT molecular complexity index is 305. The molecule has 0 bridgehead atoms. The molecule has 0 aliphatic heterocycles. The molecule has 0 unspecified atom stereocenters. The summed E-state index contributed by atoms with van der Waals surface area (Å²) in [6, 6.07) is 0. The van der Waals surface area contributed by atoms with Gasteiger partial charge in [-0.2, -0.15) is 0 Å². The number of unbranched alkanes of at least 4 members (excludes halogenated alkanes) is 3. The minimum atomic E-state index is -4.56. The molecule has 5 nitrogen and oxygen atoms in total. The Morgan fingerprint density at radius 2 is 1.24 bits per heavy atom. The molecule has 21 heavy (non-hydrogen) atoms. The normalized spacial score (nSPS) is 14.9. The second-order valence-corrected chi connectivity index (χ2v) is 13.2. The standard InChI is InChI=1S/C14H34O5P2/c1-4-7-11-21(14-10-15,12-8-5-2,13-9-6-3)19-20(16,17)18/h15H,4-14H2,1-3H3,(H2,16,17,18). The summed E-state index contributed by atoms with van der Waals surface area (Å²) < 4.78 is 17.2. The second kappa shape index (κ2) is 9.60. The molecule has 0 rings (SSSR count). The summed E-state index contributed by atoms with van der Waals surface area (Å²) in [4.78, 5) is 19.0. The molecular weight excluding hydrogens is 310 g/mol. The van der Waals surface area contributed by atoms with Gasteiger partial charge < -0.3 is 0 Å². The average Bonchev–Trinajstić information content (AvgIpc) is 2.40. The third-order valence-corrected chi connectivity index (χ3v) is 12.6. The van der Waals surface area contributed by atoms with Crippen LogP contribution in [0.5, 0.6) is 0 Å². The Labute approximate surface area is 129 Å².